The lowest BCUT2D eigenvalue weighted by Crippen LogP contribution is -2.37. The van der Waals surface area contributed by atoms with E-state index in [-0.39, 0.29) is 0 Å². The molecule has 3 rings (SSSR count). The third-order valence-electron chi connectivity index (χ3n) is 4.95. The van der Waals surface area contributed by atoms with Gasteiger partial charge in [-0.05, 0) is 42.9 Å². The number of aromatic nitrogens is 2. The number of aryl methyl sites for hydroxylation is 1. The van der Waals surface area contributed by atoms with Gasteiger partial charge in [-0.15, -0.1) is 0 Å². The molecule has 1 aliphatic heterocycles. The average Bonchev–Trinajstić information content (AvgIpc) is 3.04. The minimum Gasteiger partial charge on any atom is -0.302 e. The number of hydrogen-bond acceptors (Lipinski definition) is 2. The SMILES string of the molecule is CCc1cn[nH]c1C1CCCN(CC(C)c2ccccc2)C1. The molecule has 118 valence electrons. The van der Waals surface area contributed by atoms with Crippen LogP contribution in [0.2, 0.25) is 0 Å². The van der Waals surface area contributed by atoms with Gasteiger partial charge in [-0.3, -0.25) is 5.10 Å². The zero-order valence-corrected chi connectivity index (χ0v) is 13.8. The van der Waals surface area contributed by atoms with E-state index in [2.05, 4.69) is 59.3 Å². The van der Waals surface area contributed by atoms with Crippen molar-refractivity contribution in [2.24, 2.45) is 0 Å². The van der Waals surface area contributed by atoms with Gasteiger partial charge < -0.3 is 4.90 Å². The Bertz CT molecular complexity index is 575. The van der Waals surface area contributed by atoms with E-state index in [0.717, 1.165) is 19.5 Å². The molecule has 3 nitrogen and oxygen atoms in total. The zero-order valence-electron chi connectivity index (χ0n) is 13.8. The number of hydrogen-bond donors (Lipinski definition) is 1. The van der Waals surface area contributed by atoms with Crippen LogP contribution in [0.25, 0.3) is 0 Å². The van der Waals surface area contributed by atoms with E-state index in [0.29, 0.717) is 11.8 Å². The lowest BCUT2D eigenvalue weighted by molar-refractivity contribution is 0.197. The third-order valence-corrected chi connectivity index (χ3v) is 4.95. The van der Waals surface area contributed by atoms with Gasteiger partial charge in [0.25, 0.3) is 0 Å². The number of nitrogens with zero attached hydrogens (tertiary/aromatic N) is 2. The standard InChI is InChI=1S/C19H27N3/c1-3-16-12-20-21-19(16)18-10-7-11-22(14-18)13-15(2)17-8-5-4-6-9-17/h4-6,8-9,12,15,18H,3,7,10-11,13-14H2,1-2H3,(H,20,21). The highest BCUT2D eigenvalue weighted by atomic mass is 15.2. The van der Waals surface area contributed by atoms with E-state index in [1.165, 1.54) is 36.2 Å². The molecular weight excluding hydrogens is 270 g/mol. The maximum Gasteiger partial charge on any atom is 0.0522 e. The fraction of sp³-hybridized carbons (Fsp3) is 0.526. The van der Waals surface area contributed by atoms with Crippen LogP contribution in [0.4, 0.5) is 0 Å². The number of H-pyrrole nitrogens is 1. The Morgan fingerprint density at radius 3 is 2.91 bits per heavy atom. The van der Waals surface area contributed by atoms with Crippen LogP contribution in [0.15, 0.2) is 36.5 Å². The van der Waals surface area contributed by atoms with Gasteiger partial charge in [-0.25, -0.2) is 0 Å². The van der Waals surface area contributed by atoms with E-state index in [1.807, 2.05) is 6.20 Å². The molecule has 3 heteroatoms. The molecule has 0 bridgehead atoms. The number of nitrogens with one attached hydrogen (secondary N) is 1. The summed E-state index contributed by atoms with van der Waals surface area (Å²) in [5.74, 6) is 1.21. The summed E-state index contributed by atoms with van der Waals surface area (Å²) in [4.78, 5) is 2.63. The van der Waals surface area contributed by atoms with Crippen LogP contribution in [-0.2, 0) is 6.42 Å². The summed E-state index contributed by atoms with van der Waals surface area (Å²) in [6, 6.07) is 10.9. The summed E-state index contributed by atoms with van der Waals surface area (Å²) < 4.78 is 0. The van der Waals surface area contributed by atoms with Crippen molar-refractivity contribution in [2.45, 2.75) is 44.9 Å². The summed E-state index contributed by atoms with van der Waals surface area (Å²) in [5, 5.41) is 7.51. The van der Waals surface area contributed by atoms with Crippen molar-refractivity contribution in [1.29, 1.82) is 0 Å². The van der Waals surface area contributed by atoms with E-state index >= 15 is 0 Å². The molecule has 2 unspecified atom stereocenters. The van der Waals surface area contributed by atoms with Crippen LogP contribution >= 0.6 is 0 Å². The highest BCUT2D eigenvalue weighted by Gasteiger charge is 2.25. The van der Waals surface area contributed by atoms with Crippen LogP contribution in [0, 0.1) is 0 Å². The second-order valence-electron chi connectivity index (χ2n) is 6.57. The summed E-state index contributed by atoms with van der Waals surface area (Å²) in [6.07, 6.45) is 5.64. The second kappa shape index (κ2) is 7.10. The number of rotatable bonds is 5. The molecule has 22 heavy (non-hydrogen) atoms. The van der Waals surface area contributed by atoms with E-state index in [4.69, 9.17) is 0 Å². The highest BCUT2D eigenvalue weighted by molar-refractivity contribution is 5.22. The molecule has 1 aliphatic rings. The van der Waals surface area contributed by atoms with Gasteiger partial charge in [0.15, 0.2) is 0 Å². The zero-order chi connectivity index (χ0) is 15.4. The van der Waals surface area contributed by atoms with Gasteiger partial charge >= 0.3 is 0 Å². The number of benzene rings is 1. The molecular formula is C19H27N3. The Hall–Kier alpha value is -1.61. The van der Waals surface area contributed by atoms with Crippen molar-refractivity contribution in [3.63, 3.8) is 0 Å². The molecule has 1 aromatic heterocycles. The Morgan fingerprint density at radius 2 is 2.14 bits per heavy atom. The Labute approximate surface area is 133 Å². The first kappa shape index (κ1) is 15.3. The summed E-state index contributed by atoms with van der Waals surface area (Å²) in [7, 11) is 0. The number of likely N-dealkylation sites (tertiary alicyclic amines) is 1. The van der Waals surface area contributed by atoms with Crippen molar-refractivity contribution in [2.75, 3.05) is 19.6 Å². The smallest absolute Gasteiger partial charge is 0.0522 e. The molecule has 1 aromatic carbocycles. The van der Waals surface area contributed by atoms with Crippen molar-refractivity contribution >= 4 is 0 Å². The Balaban J connectivity index is 1.63. The van der Waals surface area contributed by atoms with Crippen LogP contribution in [0.5, 0.6) is 0 Å². The van der Waals surface area contributed by atoms with Crippen molar-refractivity contribution in [1.82, 2.24) is 15.1 Å². The molecule has 0 radical (unpaired) electrons. The topological polar surface area (TPSA) is 31.9 Å². The van der Waals surface area contributed by atoms with Crippen molar-refractivity contribution in [3.8, 4) is 0 Å². The summed E-state index contributed by atoms with van der Waals surface area (Å²) >= 11 is 0. The number of piperidine rings is 1. The predicted molar refractivity (Wildman–Crippen MR) is 91.2 cm³/mol. The maximum absolute atomic E-state index is 4.26. The van der Waals surface area contributed by atoms with E-state index in [1.54, 1.807) is 0 Å². The number of aromatic amines is 1. The second-order valence-corrected chi connectivity index (χ2v) is 6.57. The fourth-order valence-electron chi connectivity index (χ4n) is 3.69. The molecule has 0 aliphatic carbocycles. The van der Waals surface area contributed by atoms with Gasteiger partial charge in [-0.1, -0.05) is 44.2 Å². The first-order valence-corrected chi connectivity index (χ1v) is 8.57. The molecule has 1 N–H and O–H groups in total. The van der Waals surface area contributed by atoms with Gasteiger partial charge in [-0.2, -0.15) is 5.10 Å². The molecule has 2 aromatic rings. The van der Waals surface area contributed by atoms with Gasteiger partial charge in [0.05, 0.1) is 6.20 Å². The summed E-state index contributed by atoms with van der Waals surface area (Å²) in [5.41, 5.74) is 4.21. The minimum absolute atomic E-state index is 0.590. The van der Waals surface area contributed by atoms with Crippen LogP contribution in [0.3, 0.4) is 0 Å². The third kappa shape index (κ3) is 3.41. The predicted octanol–water partition coefficient (Wildman–Crippen LogP) is 3.96. The molecule has 0 saturated carbocycles. The molecule has 2 heterocycles. The van der Waals surface area contributed by atoms with Gasteiger partial charge in [0.2, 0.25) is 0 Å². The molecule has 2 atom stereocenters. The first-order valence-electron chi connectivity index (χ1n) is 8.57. The van der Waals surface area contributed by atoms with Crippen molar-refractivity contribution < 1.29 is 0 Å². The lowest BCUT2D eigenvalue weighted by Gasteiger charge is -2.34. The minimum atomic E-state index is 0.590. The van der Waals surface area contributed by atoms with E-state index in [9.17, 15) is 0 Å². The van der Waals surface area contributed by atoms with Crippen LogP contribution in [-0.4, -0.2) is 34.7 Å². The first-order chi connectivity index (χ1) is 10.8. The van der Waals surface area contributed by atoms with Crippen molar-refractivity contribution in [3.05, 3.63) is 53.3 Å². The van der Waals surface area contributed by atoms with E-state index < -0.39 is 0 Å². The quantitative estimate of drug-likeness (QED) is 0.906. The largest absolute Gasteiger partial charge is 0.302 e. The lowest BCUT2D eigenvalue weighted by atomic mass is 9.91. The molecule has 1 fully saturated rings. The molecule has 0 spiro atoms. The monoisotopic (exact) mass is 297 g/mol. The van der Waals surface area contributed by atoms with Crippen LogP contribution in [0.1, 0.15) is 55.3 Å². The summed E-state index contributed by atoms with van der Waals surface area (Å²) in [6.45, 7) is 8.09. The normalized spacial score (nSPS) is 20.9. The van der Waals surface area contributed by atoms with Crippen LogP contribution < -0.4 is 0 Å². The molecule has 1 saturated heterocycles. The highest BCUT2D eigenvalue weighted by Crippen LogP contribution is 2.29. The van der Waals surface area contributed by atoms with Gasteiger partial charge in [0, 0.05) is 24.7 Å². The molecule has 0 amide bonds. The average molecular weight is 297 g/mol. The maximum atomic E-state index is 4.26. The Kier molecular flexibility index (Phi) is 4.94. The van der Waals surface area contributed by atoms with Gasteiger partial charge in [0.1, 0.15) is 0 Å². The Morgan fingerprint density at radius 1 is 1.32 bits per heavy atom. The fourth-order valence-corrected chi connectivity index (χ4v) is 3.69.